The minimum Gasteiger partial charge on any atom is -0.395 e. The molecule has 0 aromatic heterocycles. The lowest BCUT2D eigenvalue weighted by Gasteiger charge is -2.24. The van der Waals surface area contributed by atoms with Crippen molar-refractivity contribution in [3.63, 3.8) is 0 Å². The number of nitrogens with two attached hydrogens (primary N) is 1. The molecule has 2 saturated heterocycles. The van der Waals surface area contributed by atoms with Gasteiger partial charge in [0.25, 0.3) is 0 Å². The van der Waals surface area contributed by atoms with Crippen LogP contribution in [0.2, 0.25) is 0 Å². The number of likely N-dealkylation sites (tertiary alicyclic amines) is 1. The molecule has 5 N–H and O–H groups in total. The number of nitrogens with one attached hydrogen (secondary N) is 1. The largest absolute Gasteiger partial charge is 0.395 e. The molecule has 2 aliphatic rings. The molecular weight excluding hydrogens is 1130 g/mol. The van der Waals surface area contributed by atoms with Crippen molar-refractivity contribution < 1.29 is 29.4 Å². The van der Waals surface area contributed by atoms with Crippen LogP contribution in [-0.2, 0) is 38.4 Å². The molecule has 2 heterocycles. The zero-order valence-electron chi connectivity index (χ0n) is 46.7. The SMILES string of the molecule is Cl.N[C@H](CO)Cc1ccc(-c2ccccc2)cc1.O=C1CCC(=O)N1.O=C1CCC(=O)N1[C@@H](CCl)Cc1ccc(-c2ccccc2)cc1.O[C@H](CCl)Cc1ccc(-c2ccccc2)cc1.c1ccc(P(c2ccccc2)c2ccccc2)cc1. The van der Waals surface area contributed by atoms with E-state index in [1.165, 1.54) is 43.1 Å². The molecule has 432 valence electrons. The van der Waals surface area contributed by atoms with Gasteiger partial charge in [-0.25, -0.2) is 0 Å². The van der Waals surface area contributed by atoms with Gasteiger partial charge in [-0.2, -0.15) is 0 Å². The van der Waals surface area contributed by atoms with Crippen LogP contribution in [0, 0.1) is 0 Å². The first kappa shape index (κ1) is 65.6. The highest BCUT2D eigenvalue weighted by molar-refractivity contribution is 7.79. The number of carbonyl (C=O) groups excluding carboxylic acids is 4. The molecule has 9 aromatic carbocycles. The standard InChI is InChI=1S/C19H18ClNO2.C18H15P.C15H15ClO.C15H17NO.C4H5NO2.ClH/c20-13-17(21-18(22)10-11-19(21)23)12-14-6-8-16(9-7-14)15-4-2-1-3-5-15;1-4-10-16(11-5-1)19(17-12-6-2-7-13-17)18-14-8-3-9-15-18;16-11-15(17)10-12-6-8-14(9-7-12)13-4-2-1-3-5-13;16-15(11-17)10-12-6-8-14(9-7-12)13-4-2-1-3-5-13;6-3-1-2-4(7)5-3;/h1-9,17H,10-13H2;1-15H;1-9,15,17H,10-11H2;1-9,15,17H,10-11,16H2;1-2H2,(H,5,6,7);1H/t17-;;2*15-;;/m1.00../s1. The van der Waals surface area contributed by atoms with Gasteiger partial charge in [0.1, 0.15) is 0 Å². The highest BCUT2D eigenvalue weighted by Crippen LogP contribution is 2.32. The Morgan fingerprint density at radius 1 is 0.417 bits per heavy atom. The highest BCUT2D eigenvalue weighted by Gasteiger charge is 2.34. The van der Waals surface area contributed by atoms with Gasteiger partial charge in [0.15, 0.2) is 0 Å². The van der Waals surface area contributed by atoms with Gasteiger partial charge in [-0.3, -0.25) is 29.4 Å². The van der Waals surface area contributed by atoms with Gasteiger partial charge >= 0.3 is 0 Å². The summed E-state index contributed by atoms with van der Waals surface area (Å²) in [7, 11) is -0.446. The summed E-state index contributed by atoms with van der Waals surface area (Å²) < 4.78 is 0. The molecule has 0 spiro atoms. The average Bonchev–Trinajstić information content (AvgIpc) is 4.29. The van der Waals surface area contributed by atoms with Crippen molar-refractivity contribution in [3.8, 4) is 33.4 Å². The average molecular weight is 1200 g/mol. The molecule has 0 saturated carbocycles. The molecule has 4 amide bonds. The molecule has 9 aromatic rings. The van der Waals surface area contributed by atoms with Crippen LogP contribution >= 0.6 is 43.5 Å². The van der Waals surface area contributed by atoms with Gasteiger partial charge in [-0.1, -0.05) is 255 Å². The fourth-order valence-corrected chi connectivity index (χ4v) is 11.9. The first-order chi connectivity index (χ1) is 40.5. The van der Waals surface area contributed by atoms with Crippen molar-refractivity contribution in [2.75, 3.05) is 18.4 Å². The van der Waals surface area contributed by atoms with Crippen LogP contribution in [0.3, 0.4) is 0 Å². The fraction of sp³-hybridized carbons (Fsp3) is 0.183. The minimum atomic E-state index is -0.459. The summed E-state index contributed by atoms with van der Waals surface area (Å²) in [5, 5.41) is 24.7. The van der Waals surface area contributed by atoms with E-state index in [1.807, 2.05) is 78.9 Å². The van der Waals surface area contributed by atoms with E-state index in [-0.39, 0.29) is 66.5 Å². The zero-order chi connectivity index (χ0) is 58.6. The molecule has 2 fully saturated rings. The van der Waals surface area contributed by atoms with Gasteiger partial charge in [-0.15, -0.1) is 35.6 Å². The van der Waals surface area contributed by atoms with E-state index >= 15 is 0 Å². The van der Waals surface area contributed by atoms with Crippen LogP contribution < -0.4 is 27.0 Å². The number of carbonyl (C=O) groups is 4. The maximum absolute atomic E-state index is 11.9. The Labute approximate surface area is 511 Å². The van der Waals surface area contributed by atoms with E-state index in [0.29, 0.717) is 44.9 Å². The Hall–Kier alpha value is -7.56. The van der Waals surface area contributed by atoms with Crippen LogP contribution in [-0.4, -0.2) is 75.3 Å². The third-order valence-electron chi connectivity index (χ3n) is 13.6. The highest BCUT2D eigenvalue weighted by atomic mass is 35.5. The second-order valence-electron chi connectivity index (χ2n) is 19.8. The maximum Gasteiger partial charge on any atom is 0.229 e. The third-order valence-corrected chi connectivity index (χ3v) is 16.7. The number of benzene rings is 9. The summed E-state index contributed by atoms with van der Waals surface area (Å²) >= 11 is 11.6. The summed E-state index contributed by atoms with van der Waals surface area (Å²) in [5.41, 5.74) is 16.2. The molecule has 3 atom stereocenters. The van der Waals surface area contributed by atoms with Gasteiger partial charge in [0, 0.05) is 43.5 Å². The summed E-state index contributed by atoms with van der Waals surface area (Å²) in [5.74, 6) is 0.0244. The van der Waals surface area contributed by atoms with Crippen LogP contribution in [0.15, 0.2) is 255 Å². The van der Waals surface area contributed by atoms with Crippen molar-refractivity contribution in [2.24, 2.45) is 5.73 Å². The summed E-state index contributed by atoms with van der Waals surface area (Å²) in [6.07, 6.45) is 2.81. The van der Waals surface area contributed by atoms with E-state index in [0.717, 1.165) is 27.8 Å². The molecule has 0 unspecified atom stereocenters. The Bertz CT molecular complexity index is 3140. The van der Waals surface area contributed by atoms with Crippen molar-refractivity contribution in [3.05, 3.63) is 271 Å². The Morgan fingerprint density at radius 3 is 1.00 bits per heavy atom. The second kappa shape index (κ2) is 35.5. The number of amides is 4. The summed E-state index contributed by atoms with van der Waals surface area (Å²) in [6, 6.07) is 87.3. The van der Waals surface area contributed by atoms with Gasteiger partial charge in [0.2, 0.25) is 23.6 Å². The number of hydrogen-bond acceptors (Lipinski definition) is 7. The number of imide groups is 2. The summed E-state index contributed by atoms with van der Waals surface area (Å²) in [6.45, 7) is 0.0282. The van der Waals surface area contributed by atoms with Gasteiger partial charge in [0.05, 0.1) is 18.8 Å². The van der Waals surface area contributed by atoms with Crippen LogP contribution in [0.1, 0.15) is 42.4 Å². The Balaban J connectivity index is 0.000000173. The number of hydrogen-bond donors (Lipinski definition) is 4. The molecule has 0 bridgehead atoms. The number of alkyl halides is 2. The number of nitrogens with zero attached hydrogens (tertiary/aromatic N) is 1. The van der Waals surface area contributed by atoms with Crippen LogP contribution in [0.5, 0.6) is 0 Å². The van der Waals surface area contributed by atoms with E-state index in [1.54, 1.807) is 0 Å². The van der Waals surface area contributed by atoms with E-state index < -0.39 is 14.0 Å². The number of aliphatic hydroxyl groups excluding tert-OH is 2. The maximum atomic E-state index is 11.9. The zero-order valence-corrected chi connectivity index (χ0v) is 49.9. The predicted molar refractivity (Wildman–Crippen MR) is 349 cm³/mol. The molecule has 11 rings (SSSR count). The Kier molecular flexibility index (Phi) is 27.8. The number of rotatable bonds is 16. The first-order valence-corrected chi connectivity index (χ1v) is 30.1. The smallest absolute Gasteiger partial charge is 0.229 e. The molecule has 13 heteroatoms. The van der Waals surface area contributed by atoms with Crippen molar-refractivity contribution in [2.45, 2.75) is 63.1 Å². The molecule has 2 aliphatic heterocycles. The van der Waals surface area contributed by atoms with Crippen molar-refractivity contribution in [1.29, 1.82) is 0 Å². The number of halogens is 3. The lowest BCUT2D eigenvalue weighted by atomic mass is 10.0. The van der Waals surface area contributed by atoms with E-state index in [4.69, 9.17) is 34.0 Å². The third kappa shape index (κ3) is 20.9. The molecule has 0 radical (unpaired) electrons. The molecular formula is C71H71Cl3N3O6P. The second-order valence-corrected chi connectivity index (χ2v) is 22.7. The summed E-state index contributed by atoms with van der Waals surface area (Å²) in [4.78, 5) is 45.3. The molecule has 9 nitrogen and oxygen atoms in total. The van der Waals surface area contributed by atoms with Crippen molar-refractivity contribution in [1.82, 2.24) is 10.2 Å². The predicted octanol–water partition coefficient (Wildman–Crippen LogP) is 12.7. The van der Waals surface area contributed by atoms with Crippen LogP contribution in [0.4, 0.5) is 0 Å². The topological polar surface area (TPSA) is 150 Å². The van der Waals surface area contributed by atoms with Gasteiger partial charge in [-0.05, 0) is 93.2 Å². The number of aliphatic hydroxyl groups is 2. The fourth-order valence-electron chi connectivity index (χ4n) is 9.26. The lowest BCUT2D eigenvalue weighted by molar-refractivity contribution is -0.140. The lowest BCUT2D eigenvalue weighted by Crippen LogP contribution is -2.41. The molecule has 84 heavy (non-hydrogen) atoms. The Morgan fingerprint density at radius 2 is 0.714 bits per heavy atom. The molecule has 0 aliphatic carbocycles. The minimum absolute atomic E-state index is 0. The monoisotopic (exact) mass is 1200 g/mol. The van der Waals surface area contributed by atoms with Crippen molar-refractivity contribution >= 4 is 83.1 Å². The van der Waals surface area contributed by atoms with Crippen LogP contribution in [0.25, 0.3) is 33.4 Å². The quantitative estimate of drug-likeness (QED) is 0.0427. The van der Waals surface area contributed by atoms with E-state index in [9.17, 15) is 24.3 Å². The van der Waals surface area contributed by atoms with E-state index in [2.05, 4.69) is 181 Å². The van der Waals surface area contributed by atoms with Gasteiger partial charge < -0.3 is 15.9 Å². The first-order valence-electron chi connectivity index (χ1n) is 27.7. The normalized spacial score (nSPS) is 13.4.